The van der Waals surface area contributed by atoms with Crippen LogP contribution in [-0.2, 0) is 4.74 Å². The smallest absolute Gasteiger partial charge is 0.256 e. The second kappa shape index (κ2) is 4.71. The lowest BCUT2D eigenvalue weighted by atomic mass is 10.1. The van der Waals surface area contributed by atoms with Gasteiger partial charge in [-0.05, 0) is 25.1 Å². The van der Waals surface area contributed by atoms with Crippen LogP contribution in [0.1, 0.15) is 17.3 Å². The summed E-state index contributed by atoms with van der Waals surface area (Å²) >= 11 is 0. The molecule has 1 heterocycles. The molecule has 2 N–H and O–H groups in total. The molecule has 0 saturated carbocycles. The summed E-state index contributed by atoms with van der Waals surface area (Å²) in [7, 11) is 0. The van der Waals surface area contributed by atoms with Crippen LogP contribution in [-0.4, -0.2) is 36.6 Å². The van der Waals surface area contributed by atoms with Gasteiger partial charge in [-0.3, -0.25) is 4.79 Å². The Morgan fingerprint density at radius 1 is 1.59 bits per heavy atom. The Kier molecular flexibility index (Phi) is 3.28. The highest BCUT2D eigenvalue weighted by Gasteiger charge is 2.23. The summed E-state index contributed by atoms with van der Waals surface area (Å²) in [5.74, 6) is -0.694. The van der Waals surface area contributed by atoms with Crippen molar-refractivity contribution in [3.63, 3.8) is 0 Å². The second-order valence-corrected chi connectivity index (χ2v) is 4.16. The molecule has 1 fully saturated rings. The third kappa shape index (κ3) is 2.55. The highest BCUT2D eigenvalue weighted by molar-refractivity contribution is 5.99. The van der Waals surface area contributed by atoms with E-state index in [1.807, 2.05) is 6.92 Å². The Labute approximate surface area is 99.2 Å². The zero-order valence-electron chi connectivity index (χ0n) is 9.65. The maximum Gasteiger partial charge on any atom is 0.256 e. The second-order valence-electron chi connectivity index (χ2n) is 4.16. The summed E-state index contributed by atoms with van der Waals surface area (Å²) in [6, 6.07) is 3.83. The number of carbonyl (C=O) groups is 1. The van der Waals surface area contributed by atoms with Crippen LogP contribution in [0.25, 0.3) is 0 Å². The van der Waals surface area contributed by atoms with Gasteiger partial charge in [0.1, 0.15) is 5.82 Å². The van der Waals surface area contributed by atoms with Crippen LogP contribution in [0.4, 0.5) is 10.1 Å². The molecule has 4 nitrogen and oxygen atoms in total. The molecule has 1 atom stereocenters. The van der Waals surface area contributed by atoms with Crippen LogP contribution >= 0.6 is 0 Å². The van der Waals surface area contributed by atoms with E-state index in [0.29, 0.717) is 25.4 Å². The summed E-state index contributed by atoms with van der Waals surface area (Å²) in [4.78, 5) is 13.8. The molecule has 1 aromatic carbocycles. The van der Waals surface area contributed by atoms with E-state index in [2.05, 4.69) is 0 Å². The maximum absolute atomic E-state index is 13.1. The lowest BCUT2D eigenvalue weighted by Gasteiger charge is -2.31. The molecule has 1 aromatic rings. The normalized spacial score (nSPS) is 20.4. The predicted molar refractivity (Wildman–Crippen MR) is 62.1 cm³/mol. The number of carbonyl (C=O) groups excluding carboxylic acids is 1. The molecule has 2 rings (SSSR count). The Morgan fingerprint density at radius 2 is 2.35 bits per heavy atom. The fourth-order valence-electron chi connectivity index (χ4n) is 1.89. The number of nitrogens with two attached hydrogens (primary N) is 1. The largest absolute Gasteiger partial charge is 0.398 e. The number of nitrogen functional groups attached to an aromatic ring is 1. The summed E-state index contributed by atoms with van der Waals surface area (Å²) in [5, 5.41) is 0. The summed E-state index contributed by atoms with van der Waals surface area (Å²) in [6.45, 7) is 3.42. The fourth-order valence-corrected chi connectivity index (χ4v) is 1.89. The first-order valence-electron chi connectivity index (χ1n) is 5.54. The number of anilines is 1. The van der Waals surface area contributed by atoms with Gasteiger partial charge in [-0.1, -0.05) is 0 Å². The van der Waals surface area contributed by atoms with Crippen LogP contribution in [0.3, 0.4) is 0 Å². The molecular weight excluding hydrogens is 223 g/mol. The first-order valence-corrected chi connectivity index (χ1v) is 5.54. The van der Waals surface area contributed by atoms with Gasteiger partial charge in [0.15, 0.2) is 0 Å². The molecule has 1 amide bonds. The number of morpholine rings is 1. The van der Waals surface area contributed by atoms with Crippen LogP contribution in [0.2, 0.25) is 0 Å². The number of ether oxygens (including phenoxy) is 1. The Hall–Kier alpha value is -1.62. The van der Waals surface area contributed by atoms with Crippen LogP contribution < -0.4 is 5.73 Å². The molecule has 0 aromatic heterocycles. The standard InChI is InChI=1S/C12H15FN2O2/c1-8-7-15(4-5-17-8)12(16)10-6-9(13)2-3-11(10)14/h2-3,6,8H,4-5,7,14H2,1H3. The number of benzene rings is 1. The minimum absolute atomic E-state index is 0.00230. The molecule has 1 saturated heterocycles. The molecule has 0 bridgehead atoms. The van der Waals surface area contributed by atoms with E-state index in [1.165, 1.54) is 18.2 Å². The van der Waals surface area contributed by atoms with Crippen molar-refractivity contribution < 1.29 is 13.9 Å². The summed E-state index contributed by atoms with van der Waals surface area (Å²) in [6.07, 6.45) is 0.00230. The van der Waals surface area contributed by atoms with Crippen LogP contribution in [0.15, 0.2) is 18.2 Å². The molecule has 1 unspecified atom stereocenters. The number of hydrogen-bond donors (Lipinski definition) is 1. The van der Waals surface area contributed by atoms with Gasteiger partial charge in [0.25, 0.3) is 5.91 Å². The highest BCUT2D eigenvalue weighted by atomic mass is 19.1. The zero-order chi connectivity index (χ0) is 12.4. The van der Waals surface area contributed by atoms with E-state index < -0.39 is 5.82 Å². The molecule has 5 heteroatoms. The SMILES string of the molecule is CC1CN(C(=O)c2cc(F)ccc2N)CCO1. The van der Waals surface area contributed by atoms with Crippen molar-refractivity contribution >= 4 is 11.6 Å². The van der Waals surface area contributed by atoms with Gasteiger partial charge in [0.2, 0.25) is 0 Å². The molecule has 1 aliphatic heterocycles. The van der Waals surface area contributed by atoms with Crippen molar-refractivity contribution in [1.29, 1.82) is 0 Å². The van der Waals surface area contributed by atoms with Crippen molar-refractivity contribution in [2.75, 3.05) is 25.4 Å². The van der Waals surface area contributed by atoms with Crippen LogP contribution in [0, 0.1) is 5.82 Å². The average Bonchev–Trinajstić information content (AvgIpc) is 2.31. The van der Waals surface area contributed by atoms with Gasteiger partial charge >= 0.3 is 0 Å². The number of rotatable bonds is 1. The third-order valence-corrected chi connectivity index (χ3v) is 2.77. The van der Waals surface area contributed by atoms with E-state index >= 15 is 0 Å². The average molecular weight is 238 g/mol. The monoisotopic (exact) mass is 238 g/mol. The molecular formula is C12H15FN2O2. The third-order valence-electron chi connectivity index (χ3n) is 2.77. The van der Waals surface area contributed by atoms with Gasteiger partial charge in [-0.25, -0.2) is 4.39 Å². The highest BCUT2D eigenvalue weighted by Crippen LogP contribution is 2.17. The molecule has 92 valence electrons. The van der Waals surface area contributed by atoms with E-state index in [0.717, 1.165) is 0 Å². The number of amides is 1. The topological polar surface area (TPSA) is 55.6 Å². The van der Waals surface area contributed by atoms with Crippen molar-refractivity contribution in [2.45, 2.75) is 13.0 Å². The van der Waals surface area contributed by atoms with Gasteiger partial charge < -0.3 is 15.4 Å². The van der Waals surface area contributed by atoms with E-state index in [4.69, 9.17) is 10.5 Å². The van der Waals surface area contributed by atoms with Crippen molar-refractivity contribution in [3.05, 3.63) is 29.6 Å². The van der Waals surface area contributed by atoms with E-state index in [-0.39, 0.29) is 17.6 Å². The van der Waals surface area contributed by atoms with Gasteiger partial charge in [0, 0.05) is 18.8 Å². The predicted octanol–water partition coefficient (Wildman–Crippen LogP) is 1.27. The minimum atomic E-state index is -0.455. The quantitative estimate of drug-likeness (QED) is 0.749. The first-order chi connectivity index (χ1) is 8.08. The Bertz CT molecular complexity index is 437. The van der Waals surface area contributed by atoms with Gasteiger partial charge in [-0.2, -0.15) is 0 Å². The lowest BCUT2D eigenvalue weighted by Crippen LogP contribution is -2.44. The van der Waals surface area contributed by atoms with Crippen molar-refractivity contribution in [2.24, 2.45) is 0 Å². The van der Waals surface area contributed by atoms with Crippen molar-refractivity contribution in [1.82, 2.24) is 4.90 Å². The first kappa shape index (κ1) is 11.9. The van der Waals surface area contributed by atoms with Crippen LogP contribution in [0.5, 0.6) is 0 Å². The van der Waals surface area contributed by atoms with E-state index in [1.54, 1.807) is 4.90 Å². The molecule has 0 radical (unpaired) electrons. The summed E-state index contributed by atoms with van der Waals surface area (Å²) in [5.41, 5.74) is 6.21. The molecule has 17 heavy (non-hydrogen) atoms. The zero-order valence-corrected chi connectivity index (χ0v) is 9.65. The molecule has 0 spiro atoms. The van der Waals surface area contributed by atoms with Gasteiger partial charge in [-0.15, -0.1) is 0 Å². The maximum atomic E-state index is 13.1. The minimum Gasteiger partial charge on any atom is -0.398 e. The Morgan fingerprint density at radius 3 is 3.06 bits per heavy atom. The van der Waals surface area contributed by atoms with E-state index in [9.17, 15) is 9.18 Å². The molecule has 0 aliphatic carbocycles. The summed E-state index contributed by atoms with van der Waals surface area (Å²) < 4.78 is 18.4. The fraction of sp³-hybridized carbons (Fsp3) is 0.417. The number of nitrogens with zero attached hydrogens (tertiary/aromatic N) is 1. The lowest BCUT2D eigenvalue weighted by molar-refractivity contribution is -0.0123. The van der Waals surface area contributed by atoms with Gasteiger partial charge in [0.05, 0.1) is 18.3 Å². The Balaban J connectivity index is 2.21. The molecule has 1 aliphatic rings. The number of halogens is 1. The van der Waals surface area contributed by atoms with Crippen molar-refractivity contribution in [3.8, 4) is 0 Å². The number of hydrogen-bond acceptors (Lipinski definition) is 3.